The molecule has 0 atom stereocenters. The lowest BCUT2D eigenvalue weighted by Gasteiger charge is -2.09. The van der Waals surface area contributed by atoms with Crippen molar-refractivity contribution in [3.05, 3.63) is 58.1 Å². The van der Waals surface area contributed by atoms with Gasteiger partial charge in [-0.05, 0) is 24.0 Å². The fourth-order valence-corrected chi connectivity index (χ4v) is 2.17. The summed E-state index contributed by atoms with van der Waals surface area (Å²) in [5.74, 6) is -0.291. The number of benzene rings is 2. The maximum Gasteiger partial charge on any atom is 0.270 e. The second-order valence-electron chi connectivity index (χ2n) is 3.91. The lowest BCUT2D eigenvalue weighted by atomic mass is 10.2. The number of hydrogen-bond acceptors (Lipinski definition) is 5. The van der Waals surface area contributed by atoms with Gasteiger partial charge in [0.15, 0.2) is 0 Å². The maximum absolute atomic E-state index is 11.7. The van der Waals surface area contributed by atoms with Crippen LogP contribution in [0.4, 0.5) is 11.4 Å². The van der Waals surface area contributed by atoms with Gasteiger partial charge in [0, 0.05) is 23.2 Å². The van der Waals surface area contributed by atoms with Crippen molar-refractivity contribution < 1.29 is 10.0 Å². The Morgan fingerprint density at radius 1 is 1.25 bits per heavy atom. The zero-order chi connectivity index (χ0) is 14.5. The lowest BCUT2D eigenvalue weighted by molar-refractivity contribution is -0.385. The predicted molar refractivity (Wildman–Crippen MR) is 78.0 cm³/mol. The Morgan fingerprint density at radius 3 is 2.70 bits per heavy atom. The maximum atomic E-state index is 11.7. The molecule has 0 fully saturated rings. The summed E-state index contributed by atoms with van der Waals surface area (Å²) in [4.78, 5) is 15.4. The molecule has 6 heteroatoms. The lowest BCUT2D eigenvalue weighted by Crippen LogP contribution is -1.98. The summed E-state index contributed by atoms with van der Waals surface area (Å²) in [6.07, 6.45) is 3.30. The number of para-hydroxylation sites is 1. The second kappa shape index (κ2) is 6.21. The summed E-state index contributed by atoms with van der Waals surface area (Å²) in [6.45, 7) is 0. The molecule has 0 aliphatic heterocycles. The average Bonchev–Trinajstić information content (AvgIpc) is 2.46. The molecule has 102 valence electrons. The van der Waals surface area contributed by atoms with Crippen LogP contribution in [0.25, 0.3) is 0 Å². The van der Waals surface area contributed by atoms with Gasteiger partial charge >= 0.3 is 0 Å². The van der Waals surface area contributed by atoms with Crippen LogP contribution in [-0.4, -0.2) is 17.4 Å². The van der Waals surface area contributed by atoms with Gasteiger partial charge in [-0.25, -0.2) is 0 Å². The third-order valence-electron chi connectivity index (χ3n) is 2.63. The third kappa shape index (κ3) is 3.16. The van der Waals surface area contributed by atoms with Gasteiger partial charge in [-0.3, -0.25) is 15.1 Å². The molecular formula is C14H11N2O3S-. The van der Waals surface area contributed by atoms with Crippen molar-refractivity contribution in [3.8, 4) is 5.75 Å². The van der Waals surface area contributed by atoms with E-state index < -0.39 is 4.92 Å². The fraction of sp³-hybridized carbons (Fsp3) is 0.0714. The first kappa shape index (κ1) is 14.1. The molecule has 0 N–H and O–H groups in total. The van der Waals surface area contributed by atoms with Crippen molar-refractivity contribution in [1.82, 2.24) is 0 Å². The van der Waals surface area contributed by atoms with Crippen LogP contribution >= 0.6 is 11.8 Å². The molecule has 0 bridgehead atoms. The highest BCUT2D eigenvalue weighted by molar-refractivity contribution is 7.98. The number of hydrogen-bond donors (Lipinski definition) is 0. The van der Waals surface area contributed by atoms with E-state index in [2.05, 4.69) is 4.99 Å². The summed E-state index contributed by atoms with van der Waals surface area (Å²) in [5.41, 5.74) is 0.810. The Morgan fingerprint density at radius 2 is 2.00 bits per heavy atom. The molecule has 0 radical (unpaired) electrons. The number of nitro groups is 1. The monoisotopic (exact) mass is 287 g/mol. The minimum Gasteiger partial charge on any atom is -0.872 e. The SMILES string of the molecule is CSc1ccccc1N=Cc1cc([N+](=O)[O-])ccc1[O-]. The molecule has 2 rings (SSSR count). The van der Waals surface area contributed by atoms with Gasteiger partial charge in [-0.1, -0.05) is 23.9 Å². The van der Waals surface area contributed by atoms with Crippen LogP contribution in [0.15, 0.2) is 52.4 Å². The Kier molecular flexibility index (Phi) is 4.37. The van der Waals surface area contributed by atoms with Crippen LogP contribution in [0.5, 0.6) is 5.75 Å². The first-order valence-corrected chi connectivity index (χ1v) is 6.97. The molecule has 0 saturated heterocycles. The molecule has 0 heterocycles. The van der Waals surface area contributed by atoms with Gasteiger partial charge < -0.3 is 5.11 Å². The molecule has 0 aliphatic rings. The minimum atomic E-state index is -0.535. The van der Waals surface area contributed by atoms with Crippen molar-refractivity contribution in [2.75, 3.05) is 6.26 Å². The minimum absolute atomic E-state index is 0.121. The second-order valence-corrected chi connectivity index (χ2v) is 4.76. The van der Waals surface area contributed by atoms with Crippen molar-refractivity contribution in [3.63, 3.8) is 0 Å². The van der Waals surface area contributed by atoms with E-state index in [1.165, 1.54) is 24.4 Å². The molecule has 20 heavy (non-hydrogen) atoms. The van der Waals surface area contributed by atoms with Crippen LogP contribution in [0.2, 0.25) is 0 Å². The number of nitrogens with zero attached hydrogens (tertiary/aromatic N) is 2. The van der Waals surface area contributed by atoms with Crippen LogP contribution in [0.1, 0.15) is 5.56 Å². The number of thioether (sulfide) groups is 1. The molecule has 0 spiro atoms. The number of aliphatic imine (C=N–C) groups is 1. The van der Waals surface area contributed by atoms with Crippen molar-refractivity contribution in [2.24, 2.45) is 4.99 Å². The smallest absolute Gasteiger partial charge is 0.270 e. The highest BCUT2D eigenvalue weighted by atomic mass is 32.2. The summed E-state index contributed by atoms with van der Waals surface area (Å²) in [7, 11) is 0. The van der Waals surface area contributed by atoms with E-state index in [0.29, 0.717) is 0 Å². The quantitative estimate of drug-likeness (QED) is 0.374. The molecule has 5 nitrogen and oxygen atoms in total. The Hall–Kier alpha value is -2.34. The van der Waals surface area contributed by atoms with Gasteiger partial charge in [0.25, 0.3) is 5.69 Å². The Labute approximate surface area is 120 Å². The molecule has 2 aromatic carbocycles. The van der Waals surface area contributed by atoms with E-state index in [9.17, 15) is 15.2 Å². The Bertz CT molecular complexity index is 671. The summed E-state index contributed by atoms with van der Waals surface area (Å²) in [6, 6.07) is 11.1. The van der Waals surface area contributed by atoms with Crippen molar-refractivity contribution in [1.29, 1.82) is 0 Å². The molecular weight excluding hydrogens is 276 g/mol. The number of non-ortho nitro benzene ring substituents is 1. The van der Waals surface area contributed by atoms with Gasteiger partial charge in [0.2, 0.25) is 0 Å². The Balaban J connectivity index is 2.36. The molecule has 2 aromatic rings. The van der Waals surface area contributed by atoms with Crippen LogP contribution in [0.3, 0.4) is 0 Å². The van der Waals surface area contributed by atoms with Crippen LogP contribution in [-0.2, 0) is 0 Å². The van der Waals surface area contributed by atoms with E-state index in [0.717, 1.165) is 10.6 Å². The molecule has 0 unspecified atom stereocenters. The molecule has 0 amide bonds. The highest BCUT2D eigenvalue weighted by Crippen LogP contribution is 2.27. The van der Waals surface area contributed by atoms with E-state index in [4.69, 9.17) is 0 Å². The number of rotatable bonds is 4. The normalized spacial score (nSPS) is 10.8. The third-order valence-corrected chi connectivity index (χ3v) is 3.42. The molecule has 0 aromatic heterocycles. The van der Waals surface area contributed by atoms with E-state index in [1.54, 1.807) is 11.8 Å². The zero-order valence-electron chi connectivity index (χ0n) is 10.6. The number of nitro benzene ring substituents is 1. The molecule has 0 saturated carbocycles. The molecule has 0 aliphatic carbocycles. The van der Waals surface area contributed by atoms with Gasteiger partial charge in [-0.15, -0.1) is 11.8 Å². The van der Waals surface area contributed by atoms with Crippen LogP contribution < -0.4 is 5.11 Å². The first-order valence-electron chi connectivity index (χ1n) is 5.74. The van der Waals surface area contributed by atoms with Gasteiger partial charge in [-0.2, -0.15) is 0 Å². The standard InChI is InChI=1S/C14H12N2O3S/c1-20-14-5-3-2-4-12(14)15-9-10-8-11(16(18)19)6-7-13(10)17/h2-9,17H,1H3/p-1. The van der Waals surface area contributed by atoms with Gasteiger partial charge in [0.1, 0.15) is 0 Å². The van der Waals surface area contributed by atoms with Crippen LogP contribution in [0, 0.1) is 10.1 Å². The highest BCUT2D eigenvalue weighted by Gasteiger charge is 2.05. The summed E-state index contributed by atoms with van der Waals surface area (Å²) >= 11 is 1.54. The fourth-order valence-electron chi connectivity index (χ4n) is 1.63. The van der Waals surface area contributed by atoms with Crippen molar-refractivity contribution in [2.45, 2.75) is 4.90 Å². The summed E-state index contributed by atoms with van der Waals surface area (Å²) in [5, 5.41) is 22.3. The topological polar surface area (TPSA) is 78.6 Å². The van der Waals surface area contributed by atoms with Gasteiger partial charge in [0.05, 0.1) is 10.6 Å². The largest absolute Gasteiger partial charge is 0.872 e. The van der Waals surface area contributed by atoms with Crippen molar-refractivity contribution >= 4 is 29.4 Å². The summed E-state index contributed by atoms with van der Waals surface area (Å²) < 4.78 is 0. The van der Waals surface area contributed by atoms with E-state index in [-0.39, 0.29) is 17.0 Å². The van der Waals surface area contributed by atoms with E-state index >= 15 is 0 Å². The average molecular weight is 287 g/mol. The van der Waals surface area contributed by atoms with E-state index in [1.807, 2.05) is 30.5 Å². The zero-order valence-corrected chi connectivity index (χ0v) is 11.5. The predicted octanol–water partition coefficient (Wildman–Crippen LogP) is 3.14. The first-order chi connectivity index (χ1) is 9.61.